The molecule has 2 rings (SSSR count). The van der Waals surface area contributed by atoms with Crippen LogP contribution in [0.3, 0.4) is 0 Å². The summed E-state index contributed by atoms with van der Waals surface area (Å²) in [7, 11) is 0. The number of hydrogen-bond acceptors (Lipinski definition) is 4. The summed E-state index contributed by atoms with van der Waals surface area (Å²) in [6.45, 7) is 2.07. The minimum Gasteiger partial charge on any atom is -0.381 e. The van der Waals surface area contributed by atoms with E-state index >= 15 is 0 Å². The lowest BCUT2D eigenvalue weighted by Crippen LogP contribution is -2.31. The van der Waals surface area contributed by atoms with Gasteiger partial charge >= 0.3 is 0 Å². The summed E-state index contributed by atoms with van der Waals surface area (Å²) in [5.41, 5.74) is 5.78. The van der Waals surface area contributed by atoms with Gasteiger partial charge in [-0.1, -0.05) is 0 Å². The van der Waals surface area contributed by atoms with Gasteiger partial charge in [-0.05, 0) is 35.2 Å². The molecule has 0 aromatic carbocycles. The van der Waals surface area contributed by atoms with Gasteiger partial charge in [-0.25, -0.2) is 9.97 Å². The van der Waals surface area contributed by atoms with Gasteiger partial charge in [-0.3, -0.25) is 0 Å². The summed E-state index contributed by atoms with van der Waals surface area (Å²) in [6.07, 6.45) is 5.36. The zero-order valence-electron chi connectivity index (χ0n) is 7.91. The SMILES string of the molecule is Nc1ncc(Br)nc1N1CCCCC1. The molecule has 1 aliphatic heterocycles. The summed E-state index contributed by atoms with van der Waals surface area (Å²) in [4.78, 5) is 10.6. The van der Waals surface area contributed by atoms with Gasteiger partial charge in [0.25, 0.3) is 0 Å². The number of anilines is 2. The first-order chi connectivity index (χ1) is 6.77. The normalized spacial score (nSPS) is 17.1. The highest BCUT2D eigenvalue weighted by Gasteiger charge is 2.15. The van der Waals surface area contributed by atoms with E-state index in [1.807, 2.05) is 0 Å². The molecule has 0 saturated carbocycles. The molecule has 4 nitrogen and oxygen atoms in total. The van der Waals surface area contributed by atoms with E-state index in [0.717, 1.165) is 23.5 Å². The summed E-state index contributed by atoms with van der Waals surface area (Å²) < 4.78 is 0.743. The molecule has 14 heavy (non-hydrogen) atoms. The van der Waals surface area contributed by atoms with E-state index in [2.05, 4.69) is 30.8 Å². The highest BCUT2D eigenvalue weighted by molar-refractivity contribution is 9.10. The maximum Gasteiger partial charge on any atom is 0.172 e. The van der Waals surface area contributed by atoms with E-state index in [1.165, 1.54) is 19.3 Å². The van der Waals surface area contributed by atoms with Crippen LogP contribution in [-0.2, 0) is 0 Å². The summed E-state index contributed by atoms with van der Waals surface area (Å²) in [5, 5.41) is 0. The van der Waals surface area contributed by atoms with Crippen molar-refractivity contribution in [2.45, 2.75) is 19.3 Å². The molecule has 1 saturated heterocycles. The van der Waals surface area contributed by atoms with E-state index in [4.69, 9.17) is 5.73 Å². The molecule has 0 radical (unpaired) electrons. The quantitative estimate of drug-likeness (QED) is 0.833. The molecule has 2 N–H and O–H groups in total. The molecule has 0 atom stereocenters. The Balaban J connectivity index is 2.24. The minimum atomic E-state index is 0.523. The van der Waals surface area contributed by atoms with Crippen LogP contribution in [0.5, 0.6) is 0 Å². The van der Waals surface area contributed by atoms with Crippen molar-refractivity contribution in [2.75, 3.05) is 23.7 Å². The molecular formula is C9H13BrN4. The highest BCUT2D eigenvalue weighted by Crippen LogP contribution is 2.23. The number of hydrogen-bond donors (Lipinski definition) is 1. The maximum atomic E-state index is 5.78. The minimum absolute atomic E-state index is 0.523. The van der Waals surface area contributed by atoms with Crippen molar-refractivity contribution >= 4 is 27.6 Å². The lowest BCUT2D eigenvalue weighted by molar-refractivity contribution is 0.573. The van der Waals surface area contributed by atoms with Crippen molar-refractivity contribution in [3.05, 3.63) is 10.8 Å². The predicted molar refractivity (Wildman–Crippen MR) is 60.2 cm³/mol. The topological polar surface area (TPSA) is 55.0 Å². The fourth-order valence-electron chi connectivity index (χ4n) is 1.71. The smallest absolute Gasteiger partial charge is 0.172 e. The van der Waals surface area contributed by atoms with Crippen molar-refractivity contribution in [3.63, 3.8) is 0 Å². The van der Waals surface area contributed by atoms with Crippen LogP contribution in [-0.4, -0.2) is 23.1 Å². The number of nitrogens with two attached hydrogens (primary N) is 1. The molecule has 0 aliphatic carbocycles. The molecule has 0 amide bonds. The van der Waals surface area contributed by atoms with Gasteiger partial charge in [0.15, 0.2) is 11.6 Å². The van der Waals surface area contributed by atoms with Crippen LogP contribution in [0.25, 0.3) is 0 Å². The summed E-state index contributed by atoms with van der Waals surface area (Å²) >= 11 is 3.31. The second kappa shape index (κ2) is 4.13. The van der Waals surface area contributed by atoms with Gasteiger partial charge < -0.3 is 10.6 Å². The molecular weight excluding hydrogens is 244 g/mol. The fraction of sp³-hybridized carbons (Fsp3) is 0.556. The van der Waals surface area contributed by atoms with Gasteiger partial charge in [-0.15, -0.1) is 0 Å². The molecule has 0 unspecified atom stereocenters. The largest absolute Gasteiger partial charge is 0.381 e. The van der Waals surface area contributed by atoms with Crippen LogP contribution in [0.1, 0.15) is 19.3 Å². The Labute approximate surface area is 91.7 Å². The number of nitrogens with zero attached hydrogens (tertiary/aromatic N) is 3. The lowest BCUT2D eigenvalue weighted by Gasteiger charge is -2.28. The average Bonchev–Trinajstić information content (AvgIpc) is 2.23. The van der Waals surface area contributed by atoms with Crippen LogP contribution < -0.4 is 10.6 Å². The zero-order valence-corrected chi connectivity index (χ0v) is 9.50. The number of piperidine rings is 1. The first kappa shape index (κ1) is 9.71. The third kappa shape index (κ3) is 1.97. The Morgan fingerprint density at radius 3 is 2.71 bits per heavy atom. The van der Waals surface area contributed by atoms with Crippen molar-refractivity contribution < 1.29 is 0 Å². The first-order valence-corrected chi connectivity index (χ1v) is 5.59. The van der Waals surface area contributed by atoms with E-state index in [1.54, 1.807) is 6.20 Å². The van der Waals surface area contributed by atoms with Gasteiger partial charge in [0, 0.05) is 13.1 Å². The molecule has 0 spiro atoms. The van der Waals surface area contributed by atoms with Gasteiger partial charge in [-0.2, -0.15) is 0 Å². The van der Waals surface area contributed by atoms with Crippen LogP contribution >= 0.6 is 15.9 Å². The summed E-state index contributed by atoms with van der Waals surface area (Å²) in [6, 6.07) is 0. The Bertz CT molecular complexity index is 323. The highest BCUT2D eigenvalue weighted by atomic mass is 79.9. The van der Waals surface area contributed by atoms with Gasteiger partial charge in [0.2, 0.25) is 0 Å². The molecule has 1 aliphatic rings. The van der Waals surface area contributed by atoms with Crippen LogP contribution in [0, 0.1) is 0 Å². The van der Waals surface area contributed by atoms with Crippen molar-refractivity contribution in [2.24, 2.45) is 0 Å². The van der Waals surface area contributed by atoms with E-state index < -0.39 is 0 Å². The Kier molecular flexibility index (Phi) is 2.86. The molecule has 1 aromatic heterocycles. The Morgan fingerprint density at radius 1 is 1.29 bits per heavy atom. The Hall–Kier alpha value is -0.840. The number of nitrogen functional groups attached to an aromatic ring is 1. The standard InChI is InChI=1S/C9H13BrN4/c10-7-6-12-8(11)9(13-7)14-4-2-1-3-5-14/h6H,1-5H2,(H2,11,12). The molecule has 0 bridgehead atoms. The van der Waals surface area contributed by atoms with Crippen molar-refractivity contribution in [1.29, 1.82) is 0 Å². The number of halogens is 1. The van der Waals surface area contributed by atoms with Gasteiger partial charge in [0.1, 0.15) is 4.60 Å². The van der Waals surface area contributed by atoms with E-state index in [-0.39, 0.29) is 0 Å². The van der Waals surface area contributed by atoms with E-state index in [9.17, 15) is 0 Å². The third-order valence-electron chi connectivity index (χ3n) is 2.41. The monoisotopic (exact) mass is 256 g/mol. The predicted octanol–water partition coefficient (Wildman–Crippen LogP) is 1.81. The molecule has 5 heteroatoms. The Morgan fingerprint density at radius 2 is 2.00 bits per heavy atom. The molecule has 1 aromatic rings. The van der Waals surface area contributed by atoms with Crippen molar-refractivity contribution in [1.82, 2.24) is 9.97 Å². The second-order valence-corrected chi connectivity index (χ2v) is 4.26. The van der Waals surface area contributed by atoms with Crippen molar-refractivity contribution in [3.8, 4) is 0 Å². The number of rotatable bonds is 1. The molecule has 76 valence electrons. The third-order valence-corrected chi connectivity index (χ3v) is 2.79. The van der Waals surface area contributed by atoms with Gasteiger partial charge in [0.05, 0.1) is 6.20 Å². The second-order valence-electron chi connectivity index (χ2n) is 3.45. The summed E-state index contributed by atoms with van der Waals surface area (Å²) in [5.74, 6) is 1.34. The first-order valence-electron chi connectivity index (χ1n) is 4.80. The average molecular weight is 257 g/mol. The molecule has 1 fully saturated rings. The van der Waals surface area contributed by atoms with Crippen LogP contribution in [0.4, 0.5) is 11.6 Å². The van der Waals surface area contributed by atoms with Crippen LogP contribution in [0.15, 0.2) is 10.8 Å². The number of aromatic nitrogens is 2. The van der Waals surface area contributed by atoms with E-state index in [0.29, 0.717) is 5.82 Å². The van der Waals surface area contributed by atoms with Crippen LogP contribution in [0.2, 0.25) is 0 Å². The molecule has 2 heterocycles. The zero-order chi connectivity index (χ0) is 9.97. The maximum absolute atomic E-state index is 5.78. The fourth-order valence-corrected chi connectivity index (χ4v) is 1.98. The lowest BCUT2D eigenvalue weighted by atomic mass is 10.1.